The number of halogens is 1. The number of phenolic OH excluding ortho intramolecular Hbond substituents is 1. The van der Waals surface area contributed by atoms with E-state index in [0.717, 1.165) is 31.0 Å². The smallest absolute Gasteiger partial charge is 0.180 e. The molecule has 3 nitrogen and oxygen atoms in total. The van der Waals surface area contributed by atoms with Crippen molar-refractivity contribution < 1.29 is 14.3 Å². The Hall–Kier alpha value is -1.07. The minimum atomic E-state index is -0.501. The minimum absolute atomic E-state index is 0.0703. The summed E-state index contributed by atoms with van der Waals surface area (Å²) in [6, 6.07) is 3.46. The summed E-state index contributed by atoms with van der Waals surface area (Å²) in [6.45, 7) is 4.08. The fourth-order valence-corrected chi connectivity index (χ4v) is 3.14. The molecule has 1 unspecified atom stereocenters. The first-order valence-electron chi connectivity index (χ1n) is 5.92. The maximum absolute atomic E-state index is 13.1. The first-order valence-corrected chi connectivity index (χ1v) is 6.97. The number of phenols is 1. The van der Waals surface area contributed by atoms with Gasteiger partial charge >= 0.3 is 0 Å². The van der Waals surface area contributed by atoms with Crippen LogP contribution in [-0.4, -0.2) is 46.4 Å². The number of Topliss-reactive ketones (excluding diaryl/α,β-unsaturated/α-hetero) is 1. The highest BCUT2D eigenvalue weighted by atomic mass is 32.2. The van der Waals surface area contributed by atoms with Crippen molar-refractivity contribution in [2.24, 2.45) is 0 Å². The minimum Gasteiger partial charge on any atom is -0.507 e. The molecule has 0 aliphatic carbocycles. The van der Waals surface area contributed by atoms with Crippen LogP contribution in [0, 0.1) is 5.82 Å². The van der Waals surface area contributed by atoms with Gasteiger partial charge in [-0.2, -0.15) is 11.8 Å². The number of benzene rings is 1. The Labute approximate surface area is 110 Å². The van der Waals surface area contributed by atoms with Gasteiger partial charge in [0.1, 0.15) is 11.6 Å². The summed E-state index contributed by atoms with van der Waals surface area (Å²) < 4.78 is 13.1. The summed E-state index contributed by atoms with van der Waals surface area (Å²) in [4.78, 5) is 14.1. The average molecular weight is 269 g/mol. The number of thioether (sulfide) groups is 1. The first kappa shape index (κ1) is 13.4. The van der Waals surface area contributed by atoms with E-state index in [9.17, 15) is 14.3 Å². The molecule has 1 N–H and O–H groups in total. The molecular formula is C13H16FNO2S. The average Bonchev–Trinajstić information content (AvgIpc) is 2.32. The Kier molecular flexibility index (Phi) is 4.24. The number of ketones is 1. The third kappa shape index (κ3) is 3.23. The van der Waals surface area contributed by atoms with E-state index in [2.05, 4.69) is 6.92 Å². The number of rotatable bonds is 3. The van der Waals surface area contributed by atoms with Gasteiger partial charge in [0.2, 0.25) is 0 Å². The molecule has 1 aliphatic rings. The predicted molar refractivity (Wildman–Crippen MR) is 70.8 cm³/mol. The zero-order chi connectivity index (χ0) is 13.1. The van der Waals surface area contributed by atoms with E-state index >= 15 is 0 Å². The molecule has 98 valence electrons. The molecule has 0 aromatic heterocycles. The largest absolute Gasteiger partial charge is 0.507 e. The van der Waals surface area contributed by atoms with E-state index in [4.69, 9.17) is 0 Å². The van der Waals surface area contributed by atoms with Crippen molar-refractivity contribution in [2.75, 3.05) is 25.4 Å². The molecule has 1 atom stereocenters. The van der Waals surface area contributed by atoms with Gasteiger partial charge in [0.15, 0.2) is 5.78 Å². The molecule has 1 fully saturated rings. The zero-order valence-electron chi connectivity index (χ0n) is 10.2. The van der Waals surface area contributed by atoms with Crippen LogP contribution in [0.15, 0.2) is 18.2 Å². The Morgan fingerprint density at radius 1 is 1.61 bits per heavy atom. The molecule has 1 aromatic rings. The molecule has 0 saturated carbocycles. The van der Waals surface area contributed by atoms with E-state index in [-0.39, 0.29) is 23.6 Å². The lowest BCUT2D eigenvalue weighted by molar-refractivity contribution is 0.0930. The van der Waals surface area contributed by atoms with Crippen LogP contribution < -0.4 is 0 Å². The van der Waals surface area contributed by atoms with E-state index in [1.807, 2.05) is 16.7 Å². The van der Waals surface area contributed by atoms with Gasteiger partial charge < -0.3 is 5.11 Å². The lowest BCUT2D eigenvalue weighted by Gasteiger charge is -2.29. The highest BCUT2D eigenvalue weighted by Crippen LogP contribution is 2.21. The van der Waals surface area contributed by atoms with Crippen molar-refractivity contribution >= 4 is 17.5 Å². The fraction of sp³-hybridized carbons (Fsp3) is 0.462. The third-order valence-electron chi connectivity index (χ3n) is 2.95. The van der Waals surface area contributed by atoms with Gasteiger partial charge in [-0.05, 0) is 18.2 Å². The Morgan fingerprint density at radius 3 is 3.11 bits per heavy atom. The third-order valence-corrected chi connectivity index (χ3v) is 4.09. The quantitative estimate of drug-likeness (QED) is 0.854. The zero-order valence-corrected chi connectivity index (χ0v) is 11.0. The van der Waals surface area contributed by atoms with Gasteiger partial charge in [-0.15, -0.1) is 0 Å². The van der Waals surface area contributed by atoms with Crippen LogP contribution in [0.4, 0.5) is 4.39 Å². The van der Waals surface area contributed by atoms with Gasteiger partial charge in [-0.1, -0.05) is 6.92 Å². The standard InChI is InChI=1S/C13H16FNO2S/c1-9-7-15(4-5-18-9)8-13(17)11-6-10(14)2-3-12(11)16/h2-3,6,9,16H,4-5,7-8H2,1H3. The second-order valence-corrected chi connectivity index (χ2v) is 6.05. The van der Waals surface area contributed by atoms with Crippen LogP contribution in [0.2, 0.25) is 0 Å². The highest BCUT2D eigenvalue weighted by molar-refractivity contribution is 7.99. The summed E-state index contributed by atoms with van der Waals surface area (Å²) >= 11 is 1.89. The molecule has 1 aliphatic heterocycles. The van der Waals surface area contributed by atoms with Crippen molar-refractivity contribution in [1.82, 2.24) is 4.90 Å². The SMILES string of the molecule is CC1CN(CC(=O)c2cc(F)ccc2O)CCS1. The lowest BCUT2D eigenvalue weighted by Crippen LogP contribution is -2.39. The second kappa shape index (κ2) is 5.71. The number of hydrogen-bond donors (Lipinski definition) is 1. The van der Waals surface area contributed by atoms with Crippen LogP contribution in [0.25, 0.3) is 0 Å². The van der Waals surface area contributed by atoms with Gasteiger partial charge in [-0.3, -0.25) is 9.69 Å². The summed E-state index contributed by atoms with van der Waals surface area (Å²) in [5.41, 5.74) is 0.0703. The van der Waals surface area contributed by atoms with Gasteiger partial charge in [0.25, 0.3) is 0 Å². The van der Waals surface area contributed by atoms with E-state index < -0.39 is 5.82 Å². The van der Waals surface area contributed by atoms with Crippen molar-refractivity contribution in [2.45, 2.75) is 12.2 Å². The van der Waals surface area contributed by atoms with Crippen molar-refractivity contribution in [1.29, 1.82) is 0 Å². The first-order chi connectivity index (χ1) is 8.56. The molecule has 1 aromatic carbocycles. The van der Waals surface area contributed by atoms with Gasteiger partial charge in [0, 0.05) is 24.1 Å². The van der Waals surface area contributed by atoms with E-state index in [1.54, 1.807) is 0 Å². The number of aromatic hydroxyl groups is 1. The maximum Gasteiger partial charge on any atom is 0.180 e. The fourth-order valence-electron chi connectivity index (χ4n) is 2.05. The predicted octanol–water partition coefficient (Wildman–Crippen LogP) is 2.15. The molecule has 5 heteroatoms. The number of hydrogen-bond acceptors (Lipinski definition) is 4. The number of carbonyl (C=O) groups excluding carboxylic acids is 1. The monoisotopic (exact) mass is 269 g/mol. The molecule has 0 bridgehead atoms. The highest BCUT2D eigenvalue weighted by Gasteiger charge is 2.21. The van der Waals surface area contributed by atoms with Crippen LogP contribution in [-0.2, 0) is 0 Å². The van der Waals surface area contributed by atoms with Crippen LogP contribution in [0.5, 0.6) is 5.75 Å². The Balaban J connectivity index is 2.05. The molecule has 1 saturated heterocycles. The molecule has 0 amide bonds. The summed E-state index contributed by atoms with van der Waals surface area (Å²) in [6.07, 6.45) is 0. The molecule has 0 spiro atoms. The second-order valence-electron chi connectivity index (χ2n) is 4.50. The van der Waals surface area contributed by atoms with Crippen molar-refractivity contribution in [3.05, 3.63) is 29.6 Å². The van der Waals surface area contributed by atoms with Crippen molar-refractivity contribution in [3.63, 3.8) is 0 Å². The molecule has 2 rings (SSSR count). The topological polar surface area (TPSA) is 40.5 Å². The summed E-state index contributed by atoms with van der Waals surface area (Å²) in [7, 11) is 0. The normalized spacial score (nSPS) is 20.9. The number of nitrogens with zero attached hydrogens (tertiary/aromatic N) is 1. The summed E-state index contributed by atoms with van der Waals surface area (Å²) in [5.74, 6) is 0.120. The van der Waals surface area contributed by atoms with Gasteiger partial charge in [-0.25, -0.2) is 4.39 Å². The Bertz CT molecular complexity index is 453. The summed E-state index contributed by atoms with van der Waals surface area (Å²) in [5, 5.41) is 10.1. The number of carbonyl (C=O) groups is 1. The van der Waals surface area contributed by atoms with Crippen LogP contribution >= 0.6 is 11.8 Å². The molecular weight excluding hydrogens is 253 g/mol. The van der Waals surface area contributed by atoms with Gasteiger partial charge in [0.05, 0.1) is 12.1 Å². The van der Waals surface area contributed by atoms with Crippen LogP contribution in [0.1, 0.15) is 17.3 Å². The van der Waals surface area contributed by atoms with E-state index in [0.29, 0.717) is 5.25 Å². The molecule has 18 heavy (non-hydrogen) atoms. The molecule has 1 heterocycles. The Morgan fingerprint density at radius 2 is 2.39 bits per heavy atom. The van der Waals surface area contributed by atoms with E-state index in [1.165, 1.54) is 6.07 Å². The molecule has 0 radical (unpaired) electrons. The maximum atomic E-state index is 13.1. The lowest BCUT2D eigenvalue weighted by atomic mass is 10.1. The van der Waals surface area contributed by atoms with Crippen molar-refractivity contribution in [3.8, 4) is 5.75 Å². The van der Waals surface area contributed by atoms with Crippen LogP contribution in [0.3, 0.4) is 0 Å².